The number of hydrogen-bond donors (Lipinski definition) is 1. The zero-order valence-electron chi connectivity index (χ0n) is 20.2. The molecule has 0 bridgehead atoms. The van der Waals surface area contributed by atoms with Crippen molar-refractivity contribution in [3.8, 4) is 5.75 Å². The summed E-state index contributed by atoms with van der Waals surface area (Å²) < 4.78 is 5.47. The maximum atomic E-state index is 5.47. The molecule has 1 N–H and O–H groups in total. The predicted molar refractivity (Wildman–Crippen MR) is 137 cm³/mol. The number of rotatable bonds is 5. The van der Waals surface area contributed by atoms with E-state index in [1.54, 1.807) is 7.11 Å². The molecule has 1 aliphatic carbocycles. The van der Waals surface area contributed by atoms with Gasteiger partial charge in [-0.15, -0.1) is 0 Å². The van der Waals surface area contributed by atoms with Crippen molar-refractivity contribution in [3.05, 3.63) is 101 Å². The molecule has 170 valence electrons. The molecule has 3 heteroatoms. The van der Waals surface area contributed by atoms with Crippen LogP contribution in [-0.2, 0) is 11.0 Å². The number of para-hydroxylation sites is 1. The van der Waals surface area contributed by atoms with Gasteiger partial charge in [-0.3, -0.25) is 4.90 Å². The van der Waals surface area contributed by atoms with E-state index in [1.165, 1.54) is 33.3 Å². The summed E-state index contributed by atoms with van der Waals surface area (Å²) in [5.41, 5.74) is 6.77. The molecular formula is C30H34N2O. The van der Waals surface area contributed by atoms with E-state index in [0.717, 1.165) is 31.4 Å². The second-order valence-corrected chi connectivity index (χ2v) is 9.77. The van der Waals surface area contributed by atoms with E-state index in [4.69, 9.17) is 4.74 Å². The third-order valence-corrected chi connectivity index (χ3v) is 8.18. The van der Waals surface area contributed by atoms with Gasteiger partial charge in [-0.25, -0.2) is 0 Å². The molecule has 0 radical (unpaired) electrons. The predicted octanol–water partition coefficient (Wildman–Crippen LogP) is 6.80. The Hall–Kier alpha value is -3.04. The summed E-state index contributed by atoms with van der Waals surface area (Å²) in [6, 6.07) is 28.5. The van der Waals surface area contributed by atoms with Gasteiger partial charge >= 0.3 is 0 Å². The van der Waals surface area contributed by atoms with Gasteiger partial charge in [0.25, 0.3) is 0 Å². The van der Waals surface area contributed by atoms with Crippen LogP contribution in [-0.4, -0.2) is 31.1 Å². The van der Waals surface area contributed by atoms with Crippen LogP contribution in [0.25, 0.3) is 10.9 Å². The minimum Gasteiger partial charge on any atom is -0.497 e. The normalized spacial score (nSPS) is 23.2. The first kappa shape index (κ1) is 21.8. The van der Waals surface area contributed by atoms with E-state index in [0.29, 0.717) is 0 Å². The molecule has 1 heterocycles. The van der Waals surface area contributed by atoms with Crippen molar-refractivity contribution < 1.29 is 4.74 Å². The molecule has 3 aromatic carbocycles. The van der Waals surface area contributed by atoms with Crippen LogP contribution < -0.4 is 4.74 Å². The number of aromatic nitrogens is 1. The standard InChI is InChI=1S/C30H34N2O/c1-22-26-12-8-9-13-27(26)31-28(22)29(23-14-16-25(33-4)17-15-23)18-20-30(21-19-29,32(2)3)24-10-6-5-7-11-24/h5-17,31H,18-21H2,1-4H3. The van der Waals surface area contributed by atoms with Gasteiger partial charge in [-0.2, -0.15) is 0 Å². The fourth-order valence-electron chi connectivity index (χ4n) is 6.19. The molecule has 33 heavy (non-hydrogen) atoms. The van der Waals surface area contributed by atoms with Crippen molar-refractivity contribution in [2.75, 3.05) is 21.2 Å². The summed E-state index contributed by atoms with van der Waals surface area (Å²) in [4.78, 5) is 6.30. The Morgan fingerprint density at radius 2 is 1.39 bits per heavy atom. The van der Waals surface area contributed by atoms with Crippen molar-refractivity contribution in [1.29, 1.82) is 0 Å². The summed E-state index contributed by atoms with van der Waals surface area (Å²) in [7, 11) is 6.21. The lowest BCUT2D eigenvalue weighted by molar-refractivity contribution is 0.0737. The number of nitrogens with zero attached hydrogens (tertiary/aromatic N) is 1. The van der Waals surface area contributed by atoms with Gasteiger partial charge < -0.3 is 9.72 Å². The number of aryl methyl sites for hydroxylation is 1. The number of fused-ring (bicyclic) bond motifs is 1. The molecular weight excluding hydrogens is 404 g/mol. The summed E-state index contributed by atoms with van der Waals surface area (Å²) in [6.45, 7) is 2.28. The number of hydrogen-bond acceptors (Lipinski definition) is 2. The third-order valence-electron chi connectivity index (χ3n) is 8.18. The van der Waals surface area contributed by atoms with Crippen LogP contribution in [0.3, 0.4) is 0 Å². The fourth-order valence-corrected chi connectivity index (χ4v) is 6.19. The van der Waals surface area contributed by atoms with Gasteiger partial charge in [0, 0.05) is 27.6 Å². The summed E-state index contributed by atoms with van der Waals surface area (Å²) >= 11 is 0. The van der Waals surface area contributed by atoms with Crippen LogP contribution in [0.15, 0.2) is 78.9 Å². The molecule has 1 fully saturated rings. The minimum absolute atomic E-state index is 0.0519. The van der Waals surface area contributed by atoms with Gasteiger partial charge in [-0.05, 0) is 81.6 Å². The molecule has 4 aromatic rings. The Kier molecular flexibility index (Phi) is 5.54. The van der Waals surface area contributed by atoms with Gasteiger partial charge in [0.1, 0.15) is 5.75 Å². The highest BCUT2D eigenvalue weighted by molar-refractivity contribution is 5.85. The van der Waals surface area contributed by atoms with Crippen LogP contribution in [0.4, 0.5) is 0 Å². The van der Waals surface area contributed by atoms with Crippen LogP contribution in [0.1, 0.15) is 48.1 Å². The summed E-state index contributed by atoms with van der Waals surface area (Å²) in [5.74, 6) is 0.907. The van der Waals surface area contributed by atoms with E-state index >= 15 is 0 Å². The van der Waals surface area contributed by atoms with E-state index in [9.17, 15) is 0 Å². The molecule has 3 nitrogen and oxygen atoms in total. The van der Waals surface area contributed by atoms with Gasteiger partial charge in [0.15, 0.2) is 0 Å². The number of nitrogens with one attached hydrogen (secondary N) is 1. The molecule has 1 aromatic heterocycles. The van der Waals surface area contributed by atoms with Crippen LogP contribution in [0.2, 0.25) is 0 Å². The number of methoxy groups -OCH3 is 1. The zero-order valence-corrected chi connectivity index (χ0v) is 20.2. The molecule has 0 unspecified atom stereocenters. The minimum atomic E-state index is -0.0519. The second-order valence-electron chi connectivity index (χ2n) is 9.77. The zero-order chi connectivity index (χ0) is 23.1. The molecule has 0 amide bonds. The first-order chi connectivity index (χ1) is 16.0. The SMILES string of the molecule is COc1ccc(C2(c3[nH]c4ccccc4c3C)CCC(c3ccccc3)(N(C)C)CC2)cc1. The van der Waals surface area contributed by atoms with E-state index < -0.39 is 0 Å². The Bertz CT molecular complexity index is 1230. The van der Waals surface area contributed by atoms with Crippen molar-refractivity contribution >= 4 is 10.9 Å². The van der Waals surface area contributed by atoms with Gasteiger partial charge in [0.2, 0.25) is 0 Å². The van der Waals surface area contributed by atoms with Crippen molar-refractivity contribution in [1.82, 2.24) is 9.88 Å². The van der Waals surface area contributed by atoms with Gasteiger partial charge in [0.05, 0.1) is 7.11 Å². The second kappa shape index (κ2) is 8.39. The summed E-state index contributed by atoms with van der Waals surface area (Å²) in [6.07, 6.45) is 4.37. The number of aromatic amines is 1. The van der Waals surface area contributed by atoms with E-state index in [-0.39, 0.29) is 11.0 Å². The largest absolute Gasteiger partial charge is 0.497 e. The quantitative estimate of drug-likeness (QED) is 0.371. The topological polar surface area (TPSA) is 28.3 Å². The van der Waals surface area contributed by atoms with Crippen molar-refractivity contribution in [3.63, 3.8) is 0 Å². The first-order valence-electron chi connectivity index (χ1n) is 12.0. The number of ether oxygens (including phenoxy) is 1. The van der Waals surface area contributed by atoms with Crippen LogP contribution in [0, 0.1) is 6.92 Å². The third kappa shape index (κ3) is 3.46. The maximum Gasteiger partial charge on any atom is 0.118 e. The molecule has 1 aliphatic rings. The lowest BCUT2D eigenvalue weighted by Crippen LogP contribution is -2.48. The lowest BCUT2D eigenvalue weighted by Gasteiger charge is -2.50. The monoisotopic (exact) mass is 438 g/mol. The highest BCUT2D eigenvalue weighted by Gasteiger charge is 2.47. The molecule has 0 atom stereocenters. The van der Waals surface area contributed by atoms with E-state index in [2.05, 4.69) is 110 Å². The van der Waals surface area contributed by atoms with E-state index in [1.807, 2.05) is 0 Å². The molecule has 1 saturated carbocycles. The molecule has 0 aliphatic heterocycles. The Labute approximate surface area is 197 Å². The van der Waals surface area contributed by atoms with Gasteiger partial charge in [-0.1, -0.05) is 60.7 Å². The molecule has 5 rings (SSSR count). The summed E-state index contributed by atoms with van der Waals surface area (Å²) in [5, 5.41) is 1.33. The van der Waals surface area contributed by atoms with Crippen LogP contribution >= 0.6 is 0 Å². The highest BCUT2D eigenvalue weighted by Crippen LogP contribution is 2.53. The Balaban J connectivity index is 1.64. The number of H-pyrrole nitrogens is 1. The average Bonchev–Trinajstić information content (AvgIpc) is 3.21. The Morgan fingerprint density at radius 3 is 2.00 bits per heavy atom. The highest BCUT2D eigenvalue weighted by atomic mass is 16.5. The first-order valence-corrected chi connectivity index (χ1v) is 12.0. The van der Waals surface area contributed by atoms with Crippen molar-refractivity contribution in [2.24, 2.45) is 0 Å². The molecule has 0 spiro atoms. The smallest absolute Gasteiger partial charge is 0.118 e. The van der Waals surface area contributed by atoms with Crippen LogP contribution in [0.5, 0.6) is 5.75 Å². The fraction of sp³-hybridized carbons (Fsp3) is 0.333. The Morgan fingerprint density at radius 1 is 0.758 bits per heavy atom. The molecule has 0 saturated heterocycles. The number of benzene rings is 3. The average molecular weight is 439 g/mol. The lowest BCUT2D eigenvalue weighted by atomic mass is 9.60. The maximum absolute atomic E-state index is 5.47. The van der Waals surface area contributed by atoms with Crippen molar-refractivity contribution in [2.45, 2.75) is 43.6 Å².